The Hall–Kier alpha value is -1.46. The summed E-state index contributed by atoms with van der Waals surface area (Å²) in [4.78, 5) is 0. The maximum absolute atomic E-state index is 5.15. The fraction of sp³-hybridized carbons (Fsp3) is 0.429. The second-order valence-corrected chi connectivity index (χ2v) is 4.84. The van der Waals surface area contributed by atoms with Gasteiger partial charge in [0.2, 0.25) is 0 Å². The van der Waals surface area contributed by atoms with Gasteiger partial charge in [0.15, 0.2) is 5.11 Å². The van der Waals surface area contributed by atoms with Crippen LogP contribution in [0.4, 0.5) is 0 Å². The Morgan fingerprint density at radius 2 is 2.21 bits per heavy atom. The number of hydrazone groups is 1. The molecule has 102 valence electrons. The number of benzene rings is 1. The zero-order valence-corrected chi connectivity index (χ0v) is 11.9. The van der Waals surface area contributed by atoms with Crippen LogP contribution in [0.1, 0.15) is 24.0 Å². The SMILES string of the molecule is COCCNC(=S)N/N=C1/CCCc2ccccc21. The molecule has 0 heterocycles. The van der Waals surface area contributed by atoms with Crippen molar-refractivity contribution in [2.75, 3.05) is 20.3 Å². The van der Waals surface area contributed by atoms with Gasteiger partial charge < -0.3 is 10.1 Å². The Kier molecular flexibility index (Phi) is 5.30. The van der Waals surface area contributed by atoms with Crippen molar-refractivity contribution in [1.29, 1.82) is 0 Å². The lowest BCUT2D eigenvalue weighted by Crippen LogP contribution is -2.35. The molecule has 0 bridgehead atoms. The van der Waals surface area contributed by atoms with Gasteiger partial charge in [0, 0.05) is 19.2 Å². The van der Waals surface area contributed by atoms with Crippen LogP contribution in [0.2, 0.25) is 0 Å². The second-order valence-electron chi connectivity index (χ2n) is 4.43. The van der Waals surface area contributed by atoms with Crippen molar-refractivity contribution in [3.8, 4) is 0 Å². The van der Waals surface area contributed by atoms with Crippen LogP contribution in [0.5, 0.6) is 0 Å². The molecular formula is C14H19N3OS. The minimum absolute atomic E-state index is 0.535. The van der Waals surface area contributed by atoms with E-state index in [0.717, 1.165) is 25.0 Å². The highest BCUT2D eigenvalue weighted by molar-refractivity contribution is 7.80. The summed E-state index contributed by atoms with van der Waals surface area (Å²) in [5.41, 5.74) is 6.59. The molecule has 0 unspecified atom stereocenters. The van der Waals surface area contributed by atoms with Gasteiger partial charge in [0.1, 0.15) is 0 Å². The molecule has 1 aromatic carbocycles. The van der Waals surface area contributed by atoms with Gasteiger partial charge in [-0.1, -0.05) is 24.3 Å². The van der Waals surface area contributed by atoms with E-state index >= 15 is 0 Å². The quantitative estimate of drug-likeness (QED) is 0.501. The molecule has 0 saturated heterocycles. The fourth-order valence-electron chi connectivity index (χ4n) is 2.14. The Morgan fingerprint density at radius 1 is 1.37 bits per heavy atom. The normalized spacial score (nSPS) is 15.9. The standard InChI is InChI=1S/C14H19N3OS/c1-18-10-9-15-14(19)17-16-13-8-4-6-11-5-2-3-7-12(11)13/h2-3,5,7H,4,6,8-10H2,1H3,(H2,15,17,19)/b16-13-. The summed E-state index contributed by atoms with van der Waals surface area (Å²) in [6.07, 6.45) is 3.26. The highest BCUT2D eigenvalue weighted by Gasteiger charge is 2.14. The van der Waals surface area contributed by atoms with Gasteiger partial charge in [-0.15, -0.1) is 0 Å². The van der Waals surface area contributed by atoms with E-state index in [1.807, 2.05) is 0 Å². The maximum atomic E-state index is 5.15. The Bertz CT molecular complexity index is 474. The van der Waals surface area contributed by atoms with Gasteiger partial charge in [0.05, 0.1) is 12.3 Å². The minimum Gasteiger partial charge on any atom is -0.383 e. The first-order valence-electron chi connectivity index (χ1n) is 6.49. The molecule has 0 saturated carbocycles. The summed E-state index contributed by atoms with van der Waals surface area (Å²) in [5, 5.41) is 8.00. The average Bonchev–Trinajstić information content (AvgIpc) is 2.45. The largest absolute Gasteiger partial charge is 0.383 e. The first kappa shape index (κ1) is 14.0. The number of hydrogen-bond acceptors (Lipinski definition) is 3. The van der Waals surface area contributed by atoms with Gasteiger partial charge >= 0.3 is 0 Å². The van der Waals surface area contributed by atoms with E-state index in [1.54, 1.807) is 7.11 Å². The minimum atomic E-state index is 0.535. The van der Waals surface area contributed by atoms with Gasteiger partial charge in [-0.05, 0) is 37.0 Å². The number of fused-ring (bicyclic) bond motifs is 1. The van der Waals surface area contributed by atoms with E-state index in [0.29, 0.717) is 18.3 Å². The van der Waals surface area contributed by atoms with Gasteiger partial charge in [-0.25, -0.2) is 0 Å². The average molecular weight is 277 g/mol. The van der Waals surface area contributed by atoms with Crippen LogP contribution in [-0.2, 0) is 11.2 Å². The van der Waals surface area contributed by atoms with Crippen molar-refractivity contribution in [1.82, 2.24) is 10.7 Å². The number of nitrogens with zero attached hydrogens (tertiary/aromatic N) is 1. The van der Waals surface area contributed by atoms with Crippen LogP contribution in [-0.4, -0.2) is 31.1 Å². The van der Waals surface area contributed by atoms with E-state index in [2.05, 4.69) is 40.1 Å². The highest BCUT2D eigenvalue weighted by Crippen LogP contribution is 2.20. The van der Waals surface area contributed by atoms with Crippen molar-refractivity contribution in [3.63, 3.8) is 0 Å². The third kappa shape index (κ3) is 4.01. The smallest absolute Gasteiger partial charge is 0.187 e. The zero-order chi connectivity index (χ0) is 13.5. The number of methoxy groups -OCH3 is 1. The first-order chi connectivity index (χ1) is 9.31. The number of hydrogen-bond donors (Lipinski definition) is 2. The second kappa shape index (κ2) is 7.21. The predicted molar refractivity (Wildman–Crippen MR) is 81.5 cm³/mol. The molecule has 4 nitrogen and oxygen atoms in total. The fourth-order valence-corrected chi connectivity index (χ4v) is 2.29. The summed E-state index contributed by atoms with van der Waals surface area (Å²) in [6.45, 7) is 1.31. The predicted octanol–water partition coefficient (Wildman–Crippen LogP) is 1.84. The highest BCUT2D eigenvalue weighted by atomic mass is 32.1. The molecule has 19 heavy (non-hydrogen) atoms. The number of rotatable bonds is 4. The van der Waals surface area contributed by atoms with Gasteiger partial charge in [0.25, 0.3) is 0 Å². The molecule has 2 rings (SSSR count). The van der Waals surface area contributed by atoms with Crippen molar-refractivity contribution >= 4 is 23.0 Å². The molecule has 0 amide bonds. The molecule has 0 aromatic heterocycles. The van der Waals surface area contributed by atoms with E-state index in [1.165, 1.54) is 11.1 Å². The molecule has 0 atom stereocenters. The number of ether oxygens (including phenoxy) is 1. The van der Waals surface area contributed by atoms with E-state index in [4.69, 9.17) is 17.0 Å². The summed E-state index contributed by atoms with van der Waals surface area (Å²) in [7, 11) is 1.66. The van der Waals surface area contributed by atoms with Crippen LogP contribution < -0.4 is 10.7 Å². The number of thiocarbonyl (C=S) groups is 1. The van der Waals surface area contributed by atoms with Crippen LogP contribution in [0, 0.1) is 0 Å². The zero-order valence-electron chi connectivity index (χ0n) is 11.1. The third-order valence-electron chi connectivity index (χ3n) is 3.07. The number of nitrogens with one attached hydrogen (secondary N) is 2. The molecule has 1 aromatic rings. The summed E-state index contributed by atoms with van der Waals surface area (Å²) >= 11 is 5.15. The molecule has 1 aliphatic rings. The molecule has 0 radical (unpaired) electrons. The first-order valence-corrected chi connectivity index (χ1v) is 6.89. The van der Waals surface area contributed by atoms with Gasteiger partial charge in [-0.2, -0.15) is 5.10 Å². The third-order valence-corrected chi connectivity index (χ3v) is 3.31. The van der Waals surface area contributed by atoms with E-state index in [9.17, 15) is 0 Å². The lowest BCUT2D eigenvalue weighted by Gasteiger charge is -2.17. The summed E-state index contributed by atoms with van der Waals surface area (Å²) in [5.74, 6) is 0. The Balaban J connectivity index is 1.95. The molecular weight excluding hydrogens is 258 g/mol. The molecule has 0 aliphatic heterocycles. The lowest BCUT2D eigenvalue weighted by atomic mass is 9.90. The molecule has 2 N–H and O–H groups in total. The van der Waals surface area contributed by atoms with Crippen molar-refractivity contribution in [2.45, 2.75) is 19.3 Å². The van der Waals surface area contributed by atoms with E-state index in [-0.39, 0.29) is 0 Å². The van der Waals surface area contributed by atoms with Crippen molar-refractivity contribution in [2.24, 2.45) is 5.10 Å². The summed E-state index contributed by atoms with van der Waals surface area (Å²) < 4.78 is 4.95. The van der Waals surface area contributed by atoms with E-state index < -0.39 is 0 Å². The van der Waals surface area contributed by atoms with Crippen LogP contribution in [0.15, 0.2) is 29.4 Å². The van der Waals surface area contributed by atoms with Crippen molar-refractivity contribution < 1.29 is 4.74 Å². The molecule has 1 aliphatic carbocycles. The summed E-state index contributed by atoms with van der Waals surface area (Å²) in [6, 6.07) is 8.41. The number of aryl methyl sites for hydroxylation is 1. The van der Waals surface area contributed by atoms with Crippen LogP contribution in [0.3, 0.4) is 0 Å². The monoisotopic (exact) mass is 277 g/mol. The molecule has 5 heteroatoms. The maximum Gasteiger partial charge on any atom is 0.187 e. The Labute approximate surface area is 119 Å². The van der Waals surface area contributed by atoms with Crippen molar-refractivity contribution in [3.05, 3.63) is 35.4 Å². The topological polar surface area (TPSA) is 45.6 Å². The lowest BCUT2D eigenvalue weighted by molar-refractivity contribution is 0.204. The van der Waals surface area contributed by atoms with Gasteiger partial charge in [-0.3, -0.25) is 5.43 Å². The Morgan fingerprint density at radius 3 is 3.05 bits per heavy atom. The molecule has 0 fully saturated rings. The van der Waals surface area contributed by atoms with Crippen LogP contribution >= 0.6 is 12.2 Å². The van der Waals surface area contributed by atoms with Crippen LogP contribution in [0.25, 0.3) is 0 Å². The molecule has 0 spiro atoms.